The van der Waals surface area contributed by atoms with Crippen molar-refractivity contribution in [1.29, 1.82) is 0 Å². The van der Waals surface area contributed by atoms with Crippen LogP contribution in [-0.4, -0.2) is 9.97 Å². The molecule has 18 heavy (non-hydrogen) atoms. The standard InChI is InChI=1S/C11H10BrClN4S/c12-9-10(17-14)15-6-16-11(9)18-5-7-3-1-2-4-8(7)13/h1-4,6H,5,14H2,(H,15,16,17). The molecule has 0 spiro atoms. The number of rotatable bonds is 4. The second kappa shape index (κ2) is 6.38. The zero-order chi connectivity index (χ0) is 13.0. The van der Waals surface area contributed by atoms with E-state index in [4.69, 9.17) is 17.4 Å². The van der Waals surface area contributed by atoms with Gasteiger partial charge in [0, 0.05) is 10.8 Å². The van der Waals surface area contributed by atoms with E-state index in [1.165, 1.54) is 6.33 Å². The van der Waals surface area contributed by atoms with Gasteiger partial charge in [0.2, 0.25) is 0 Å². The highest BCUT2D eigenvalue weighted by Crippen LogP contribution is 2.32. The smallest absolute Gasteiger partial charge is 0.158 e. The van der Waals surface area contributed by atoms with Gasteiger partial charge in [-0.25, -0.2) is 15.8 Å². The van der Waals surface area contributed by atoms with Crippen LogP contribution in [0, 0.1) is 0 Å². The molecule has 3 N–H and O–H groups in total. The Kier molecular flexibility index (Phi) is 4.82. The topological polar surface area (TPSA) is 63.8 Å². The summed E-state index contributed by atoms with van der Waals surface area (Å²) in [7, 11) is 0. The predicted octanol–water partition coefficient (Wildman–Crippen LogP) is 3.47. The minimum Gasteiger partial charge on any atom is -0.307 e. The van der Waals surface area contributed by atoms with Gasteiger partial charge in [0.05, 0.1) is 4.47 Å². The molecule has 0 aliphatic heterocycles. The Morgan fingerprint density at radius 3 is 2.83 bits per heavy atom. The molecule has 1 heterocycles. The van der Waals surface area contributed by atoms with Gasteiger partial charge in [-0.2, -0.15) is 0 Å². The number of halogens is 2. The third-order valence-electron chi connectivity index (χ3n) is 2.22. The van der Waals surface area contributed by atoms with Crippen molar-refractivity contribution in [1.82, 2.24) is 9.97 Å². The monoisotopic (exact) mass is 344 g/mol. The Labute approximate surface area is 122 Å². The van der Waals surface area contributed by atoms with E-state index in [0.29, 0.717) is 5.82 Å². The van der Waals surface area contributed by atoms with Crippen LogP contribution in [0.25, 0.3) is 0 Å². The molecular weight excluding hydrogens is 336 g/mol. The molecule has 0 saturated carbocycles. The molecule has 0 fully saturated rings. The highest BCUT2D eigenvalue weighted by Gasteiger charge is 2.09. The van der Waals surface area contributed by atoms with E-state index in [2.05, 4.69) is 31.3 Å². The molecule has 0 unspecified atom stereocenters. The number of hydrazine groups is 1. The Morgan fingerprint density at radius 1 is 1.33 bits per heavy atom. The molecule has 2 aromatic rings. The van der Waals surface area contributed by atoms with Crippen molar-refractivity contribution in [2.24, 2.45) is 5.84 Å². The SMILES string of the molecule is NNc1ncnc(SCc2ccccc2Cl)c1Br. The summed E-state index contributed by atoms with van der Waals surface area (Å²) in [5.74, 6) is 6.65. The highest BCUT2D eigenvalue weighted by atomic mass is 79.9. The number of hydrogen-bond acceptors (Lipinski definition) is 5. The Balaban J connectivity index is 2.14. The lowest BCUT2D eigenvalue weighted by Gasteiger charge is -2.07. The fraction of sp³-hybridized carbons (Fsp3) is 0.0909. The number of thioether (sulfide) groups is 1. The number of hydrogen-bond donors (Lipinski definition) is 2. The van der Waals surface area contributed by atoms with Crippen molar-refractivity contribution in [3.05, 3.63) is 45.7 Å². The first-order chi connectivity index (χ1) is 8.72. The average Bonchev–Trinajstić information content (AvgIpc) is 2.39. The minimum absolute atomic E-state index is 0.562. The number of aromatic nitrogens is 2. The summed E-state index contributed by atoms with van der Waals surface area (Å²) in [6.45, 7) is 0. The number of nitrogen functional groups attached to an aromatic ring is 1. The first-order valence-electron chi connectivity index (χ1n) is 5.05. The molecule has 94 valence electrons. The molecule has 0 aliphatic carbocycles. The van der Waals surface area contributed by atoms with Gasteiger partial charge in [0.1, 0.15) is 11.4 Å². The Morgan fingerprint density at radius 2 is 2.11 bits per heavy atom. The number of nitrogens with zero attached hydrogens (tertiary/aromatic N) is 2. The maximum Gasteiger partial charge on any atom is 0.158 e. The predicted molar refractivity (Wildman–Crippen MR) is 78.6 cm³/mol. The maximum absolute atomic E-state index is 6.10. The van der Waals surface area contributed by atoms with Gasteiger partial charge in [-0.05, 0) is 27.6 Å². The minimum atomic E-state index is 0.562. The molecule has 0 aliphatic rings. The molecule has 0 amide bonds. The summed E-state index contributed by atoms with van der Waals surface area (Å²) in [5, 5.41) is 1.57. The molecule has 4 nitrogen and oxygen atoms in total. The van der Waals surface area contributed by atoms with Crippen LogP contribution in [0.4, 0.5) is 5.82 Å². The number of benzene rings is 1. The van der Waals surface area contributed by atoms with E-state index in [1.807, 2.05) is 24.3 Å². The first kappa shape index (κ1) is 13.6. The molecule has 2 rings (SSSR count). The van der Waals surface area contributed by atoms with Crippen molar-refractivity contribution in [2.45, 2.75) is 10.8 Å². The summed E-state index contributed by atoms with van der Waals surface area (Å²) >= 11 is 11.1. The van der Waals surface area contributed by atoms with Crippen LogP contribution in [-0.2, 0) is 5.75 Å². The molecule has 7 heteroatoms. The third-order valence-corrected chi connectivity index (χ3v) is 4.64. The lowest BCUT2D eigenvalue weighted by molar-refractivity contribution is 1.02. The van der Waals surface area contributed by atoms with Crippen LogP contribution in [0.3, 0.4) is 0 Å². The van der Waals surface area contributed by atoms with Crippen molar-refractivity contribution in [3.63, 3.8) is 0 Å². The second-order valence-electron chi connectivity index (χ2n) is 3.37. The van der Waals surface area contributed by atoms with E-state index >= 15 is 0 Å². The molecule has 0 radical (unpaired) electrons. The van der Waals surface area contributed by atoms with Crippen molar-refractivity contribution >= 4 is 45.1 Å². The van der Waals surface area contributed by atoms with Gasteiger partial charge in [-0.1, -0.05) is 29.8 Å². The zero-order valence-electron chi connectivity index (χ0n) is 9.23. The molecular formula is C11H10BrClN4S. The lowest BCUT2D eigenvalue weighted by Crippen LogP contribution is -2.09. The maximum atomic E-state index is 6.10. The largest absolute Gasteiger partial charge is 0.307 e. The van der Waals surface area contributed by atoms with E-state index in [-0.39, 0.29) is 0 Å². The zero-order valence-corrected chi connectivity index (χ0v) is 12.4. The summed E-state index contributed by atoms with van der Waals surface area (Å²) in [6.07, 6.45) is 1.47. The molecule has 0 bridgehead atoms. The van der Waals surface area contributed by atoms with Gasteiger partial charge in [0.25, 0.3) is 0 Å². The van der Waals surface area contributed by atoms with Gasteiger partial charge in [-0.3, -0.25) is 0 Å². The lowest BCUT2D eigenvalue weighted by atomic mass is 10.2. The fourth-order valence-electron chi connectivity index (χ4n) is 1.32. The summed E-state index contributed by atoms with van der Waals surface area (Å²) in [6, 6.07) is 7.74. The van der Waals surface area contributed by atoms with E-state index in [1.54, 1.807) is 11.8 Å². The summed E-state index contributed by atoms with van der Waals surface area (Å²) in [4.78, 5) is 8.19. The summed E-state index contributed by atoms with van der Waals surface area (Å²) in [5.41, 5.74) is 3.57. The van der Waals surface area contributed by atoms with Gasteiger partial charge >= 0.3 is 0 Å². The van der Waals surface area contributed by atoms with Gasteiger partial charge < -0.3 is 5.43 Å². The Hall–Kier alpha value is -0.820. The number of nitrogens with two attached hydrogens (primary N) is 1. The van der Waals surface area contributed by atoms with Crippen LogP contribution in [0.2, 0.25) is 5.02 Å². The van der Waals surface area contributed by atoms with Crippen LogP contribution < -0.4 is 11.3 Å². The molecule has 1 aromatic heterocycles. The van der Waals surface area contributed by atoms with Crippen LogP contribution in [0.5, 0.6) is 0 Å². The van der Waals surface area contributed by atoms with E-state index < -0.39 is 0 Å². The third kappa shape index (κ3) is 3.14. The normalized spacial score (nSPS) is 10.4. The molecule has 0 atom stereocenters. The Bertz CT molecular complexity index is 552. The second-order valence-corrected chi connectivity index (χ2v) is 5.53. The van der Waals surface area contributed by atoms with Crippen LogP contribution >= 0.6 is 39.3 Å². The molecule has 1 aromatic carbocycles. The molecule has 0 saturated heterocycles. The van der Waals surface area contributed by atoms with Gasteiger partial charge in [0.15, 0.2) is 5.82 Å². The quantitative estimate of drug-likeness (QED) is 0.384. The van der Waals surface area contributed by atoms with Crippen molar-refractivity contribution in [3.8, 4) is 0 Å². The number of nitrogens with one attached hydrogen (secondary N) is 1. The summed E-state index contributed by atoms with van der Waals surface area (Å²) < 4.78 is 0.754. The first-order valence-corrected chi connectivity index (χ1v) is 7.21. The fourth-order valence-corrected chi connectivity index (χ4v) is 3.15. The van der Waals surface area contributed by atoms with E-state index in [0.717, 1.165) is 25.8 Å². The highest BCUT2D eigenvalue weighted by molar-refractivity contribution is 9.10. The van der Waals surface area contributed by atoms with Gasteiger partial charge in [-0.15, -0.1) is 11.8 Å². The average molecular weight is 346 g/mol. The van der Waals surface area contributed by atoms with Crippen molar-refractivity contribution < 1.29 is 0 Å². The van der Waals surface area contributed by atoms with Crippen LogP contribution in [0.15, 0.2) is 40.1 Å². The van der Waals surface area contributed by atoms with Crippen LogP contribution in [0.1, 0.15) is 5.56 Å². The van der Waals surface area contributed by atoms with E-state index in [9.17, 15) is 0 Å². The number of anilines is 1. The van der Waals surface area contributed by atoms with Crippen molar-refractivity contribution in [2.75, 3.05) is 5.43 Å².